The maximum absolute atomic E-state index is 11.1. The Morgan fingerprint density at radius 1 is 1.44 bits per heavy atom. The van der Waals surface area contributed by atoms with Crippen molar-refractivity contribution in [1.29, 1.82) is 0 Å². The minimum atomic E-state index is -0.205. The Labute approximate surface area is 111 Å². The van der Waals surface area contributed by atoms with Crippen LogP contribution in [0.25, 0.3) is 0 Å². The van der Waals surface area contributed by atoms with E-state index in [2.05, 4.69) is 4.90 Å². The zero-order valence-electron chi connectivity index (χ0n) is 10.1. The van der Waals surface area contributed by atoms with Crippen LogP contribution in [0.5, 0.6) is 0 Å². The van der Waals surface area contributed by atoms with Crippen LogP contribution < -0.4 is 10.6 Å². The Morgan fingerprint density at radius 2 is 2.11 bits per heavy atom. The molecule has 0 bridgehead atoms. The fraction of sp³-hybridized carbons (Fsp3) is 0.462. The molecule has 1 saturated heterocycles. The summed E-state index contributed by atoms with van der Waals surface area (Å²) < 4.78 is 0. The van der Waals surface area contributed by atoms with Gasteiger partial charge in [-0.25, -0.2) is 0 Å². The van der Waals surface area contributed by atoms with E-state index < -0.39 is 0 Å². The monoisotopic (exact) mass is 268 g/mol. The highest BCUT2D eigenvalue weighted by atomic mass is 35.5. The molecule has 0 unspecified atom stereocenters. The predicted molar refractivity (Wildman–Crippen MR) is 71.5 cm³/mol. The highest BCUT2D eigenvalue weighted by Crippen LogP contribution is 2.27. The zero-order valence-corrected chi connectivity index (χ0v) is 10.9. The molecule has 0 aromatic heterocycles. The predicted octanol–water partition coefficient (Wildman–Crippen LogP) is 1.53. The van der Waals surface area contributed by atoms with Gasteiger partial charge in [-0.1, -0.05) is 17.7 Å². The third-order valence-corrected chi connectivity index (χ3v) is 3.82. The molecule has 98 valence electrons. The van der Waals surface area contributed by atoms with Crippen molar-refractivity contribution >= 4 is 23.2 Å². The number of rotatable bonds is 3. The Hall–Kier alpha value is -1.26. The van der Waals surface area contributed by atoms with E-state index >= 15 is 0 Å². The normalized spacial score (nSPS) is 16.9. The van der Waals surface area contributed by atoms with Crippen LogP contribution in [0.2, 0.25) is 5.02 Å². The largest absolute Gasteiger partial charge is 0.392 e. The molecule has 0 atom stereocenters. The molecule has 2 rings (SSSR count). The van der Waals surface area contributed by atoms with Gasteiger partial charge in [0.2, 0.25) is 5.91 Å². The lowest BCUT2D eigenvalue weighted by Gasteiger charge is -2.32. The average molecular weight is 269 g/mol. The first-order chi connectivity index (χ1) is 8.61. The topological polar surface area (TPSA) is 66.6 Å². The summed E-state index contributed by atoms with van der Waals surface area (Å²) in [6, 6.07) is 5.64. The maximum Gasteiger partial charge on any atom is 0.220 e. The number of nitrogens with zero attached hydrogens (tertiary/aromatic N) is 1. The van der Waals surface area contributed by atoms with Crippen molar-refractivity contribution in [3.8, 4) is 0 Å². The lowest BCUT2D eigenvalue weighted by atomic mass is 9.96. The van der Waals surface area contributed by atoms with Gasteiger partial charge < -0.3 is 15.7 Å². The molecular formula is C13H17ClN2O2. The smallest absolute Gasteiger partial charge is 0.220 e. The molecule has 1 fully saturated rings. The Morgan fingerprint density at radius 3 is 2.61 bits per heavy atom. The Balaban J connectivity index is 2.05. The first-order valence-corrected chi connectivity index (χ1v) is 6.43. The first-order valence-electron chi connectivity index (χ1n) is 6.05. The number of anilines is 1. The number of nitrogens with two attached hydrogens (primary N) is 1. The second-order valence-electron chi connectivity index (χ2n) is 4.60. The summed E-state index contributed by atoms with van der Waals surface area (Å²) in [5.41, 5.74) is 7.06. The number of halogens is 1. The number of amides is 1. The van der Waals surface area contributed by atoms with Gasteiger partial charge >= 0.3 is 0 Å². The van der Waals surface area contributed by atoms with Gasteiger partial charge in [0, 0.05) is 29.7 Å². The zero-order chi connectivity index (χ0) is 13.1. The molecule has 0 spiro atoms. The number of primary amides is 1. The summed E-state index contributed by atoms with van der Waals surface area (Å²) in [7, 11) is 0. The molecule has 0 aliphatic carbocycles. The van der Waals surface area contributed by atoms with Gasteiger partial charge in [0.25, 0.3) is 0 Å². The molecule has 3 N–H and O–H groups in total. The van der Waals surface area contributed by atoms with Crippen LogP contribution in [0.4, 0.5) is 5.69 Å². The molecule has 1 aromatic rings. The highest BCUT2D eigenvalue weighted by molar-refractivity contribution is 6.31. The molecule has 0 saturated carbocycles. The minimum Gasteiger partial charge on any atom is -0.392 e. The van der Waals surface area contributed by atoms with Gasteiger partial charge in [-0.3, -0.25) is 4.79 Å². The van der Waals surface area contributed by atoms with E-state index in [1.165, 1.54) is 0 Å². The van der Waals surface area contributed by atoms with Crippen molar-refractivity contribution in [2.45, 2.75) is 19.4 Å². The van der Waals surface area contributed by atoms with Gasteiger partial charge in [0.15, 0.2) is 0 Å². The summed E-state index contributed by atoms with van der Waals surface area (Å²) in [5.74, 6) is -0.211. The lowest BCUT2D eigenvalue weighted by Crippen LogP contribution is -2.38. The molecule has 1 amide bonds. The van der Waals surface area contributed by atoms with E-state index in [9.17, 15) is 4.79 Å². The quantitative estimate of drug-likeness (QED) is 0.874. The van der Waals surface area contributed by atoms with Crippen LogP contribution in [-0.2, 0) is 11.4 Å². The van der Waals surface area contributed by atoms with E-state index in [-0.39, 0.29) is 18.4 Å². The number of carbonyl (C=O) groups is 1. The molecular weight excluding hydrogens is 252 g/mol. The first kappa shape index (κ1) is 13.2. The molecule has 1 aromatic carbocycles. The van der Waals surface area contributed by atoms with Crippen LogP contribution in [-0.4, -0.2) is 24.1 Å². The second kappa shape index (κ2) is 5.59. The molecule has 1 heterocycles. The summed E-state index contributed by atoms with van der Waals surface area (Å²) >= 11 is 6.07. The summed E-state index contributed by atoms with van der Waals surface area (Å²) in [6.07, 6.45) is 1.57. The number of carbonyl (C=O) groups excluding carboxylic acids is 1. The molecule has 18 heavy (non-hydrogen) atoms. The number of benzene rings is 1. The van der Waals surface area contributed by atoms with Crippen LogP contribution in [0.3, 0.4) is 0 Å². The molecule has 1 aliphatic heterocycles. The van der Waals surface area contributed by atoms with E-state index in [0.717, 1.165) is 37.2 Å². The van der Waals surface area contributed by atoms with Crippen LogP contribution in [0.15, 0.2) is 18.2 Å². The van der Waals surface area contributed by atoms with E-state index in [4.69, 9.17) is 22.4 Å². The number of hydrogen-bond donors (Lipinski definition) is 2. The van der Waals surface area contributed by atoms with Gasteiger partial charge in [-0.15, -0.1) is 0 Å². The van der Waals surface area contributed by atoms with E-state index in [1.54, 1.807) is 0 Å². The molecule has 1 aliphatic rings. The maximum atomic E-state index is 11.1. The Kier molecular flexibility index (Phi) is 4.09. The second-order valence-corrected chi connectivity index (χ2v) is 5.00. The van der Waals surface area contributed by atoms with Crippen molar-refractivity contribution in [2.24, 2.45) is 11.7 Å². The third-order valence-electron chi connectivity index (χ3n) is 3.47. The van der Waals surface area contributed by atoms with Crippen molar-refractivity contribution in [3.05, 3.63) is 28.8 Å². The summed E-state index contributed by atoms with van der Waals surface area (Å²) in [6.45, 7) is 1.56. The molecule has 4 nitrogen and oxygen atoms in total. The van der Waals surface area contributed by atoms with Crippen molar-refractivity contribution < 1.29 is 9.90 Å². The third kappa shape index (κ3) is 2.76. The van der Waals surface area contributed by atoms with Crippen LogP contribution in [0, 0.1) is 5.92 Å². The minimum absolute atomic E-state index is 0.00608. The molecule has 0 radical (unpaired) electrons. The standard InChI is InChI=1S/C13H17ClN2O2/c14-12-7-11(2-1-10(12)8-17)16-5-3-9(4-6-16)13(15)18/h1-2,7,9,17H,3-6,8H2,(H2,15,18). The number of piperidine rings is 1. The Bertz CT molecular complexity index is 443. The van der Waals surface area contributed by atoms with Gasteiger partial charge in [0.1, 0.15) is 0 Å². The van der Waals surface area contributed by atoms with Gasteiger partial charge in [-0.2, -0.15) is 0 Å². The number of aliphatic hydroxyl groups is 1. The number of hydrogen-bond acceptors (Lipinski definition) is 3. The van der Waals surface area contributed by atoms with Crippen LogP contribution in [0.1, 0.15) is 18.4 Å². The SMILES string of the molecule is NC(=O)C1CCN(c2ccc(CO)c(Cl)c2)CC1. The fourth-order valence-electron chi connectivity index (χ4n) is 2.28. The van der Waals surface area contributed by atoms with Crippen LogP contribution >= 0.6 is 11.6 Å². The van der Waals surface area contributed by atoms with E-state index in [1.807, 2.05) is 18.2 Å². The van der Waals surface area contributed by atoms with Crippen molar-refractivity contribution in [3.63, 3.8) is 0 Å². The van der Waals surface area contributed by atoms with Gasteiger partial charge in [-0.05, 0) is 30.5 Å². The summed E-state index contributed by atoms with van der Waals surface area (Å²) in [5, 5.41) is 9.64. The van der Waals surface area contributed by atoms with Crippen molar-refractivity contribution in [1.82, 2.24) is 0 Å². The lowest BCUT2D eigenvalue weighted by molar-refractivity contribution is -0.122. The number of aliphatic hydroxyl groups excluding tert-OH is 1. The molecule has 5 heteroatoms. The van der Waals surface area contributed by atoms with Gasteiger partial charge in [0.05, 0.1) is 6.61 Å². The summed E-state index contributed by atoms with van der Waals surface area (Å²) in [4.78, 5) is 13.3. The average Bonchev–Trinajstić information content (AvgIpc) is 2.38. The van der Waals surface area contributed by atoms with Crippen molar-refractivity contribution in [2.75, 3.05) is 18.0 Å². The fourth-order valence-corrected chi connectivity index (χ4v) is 2.52. The van der Waals surface area contributed by atoms with E-state index in [0.29, 0.717) is 5.02 Å². The highest BCUT2D eigenvalue weighted by Gasteiger charge is 2.23.